The van der Waals surface area contributed by atoms with Crippen molar-refractivity contribution in [1.29, 1.82) is 0 Å². The third kappa shape index (κ3) is 3.32. The standard InChI is InChI=1S/C15H20F2N2O2/c1-10(2)15(7-8-18-9-15)13(20)19-11-5-3-4-6-12(11)21-14(16)17/h3-6,10,14,18H,7-9H2,1-2H3,(H,19,20). The van der Waals surface area contributed by atoms with Gasteiger partial charge in [-0.05, 0) is 31.0 Å². The molecule has 1 unspecified atom stereocenters. The van der Waals surface area contributed by atoms with Gasteiger partial charge in [-0.15, -0.1) is 0 Å². The smallest absolute Gasteiger partial charge is 0.387 e. The number of anilines is 1. The van der Waals surface area contributed by atoms with Crippen molar-refractivity contribution in [3.05, 3.63) is 24.3 Å². The molecule has 1 atom stereocenters. The first-order chi connectivity index (χ1) is 9.95. The fourth-order valence-corrected chi connectivity index (χ4v) is 2.68. The first kappa shape index (κ1) is 15.7. The average molecular weight is 298 g/mol. The molecule has 0 saturated carbocycles. The lowest BCUT2D eigenvalue weighted by Gasteiger charge is -2.31. The number of hydrogen-bond donors (Lipinski definition) is 2. The van der Waals surface area contributed by atoms with E-state index in [1.54, 1.807) is 18.2 Å². The number of hydrogen-bond acceptors (Lipinski definition) is 3. The van der Waals surface area contributed by atoms with Crippen LogP contribution in [-0.4, -0.2) is 25.6 Å². The van der Waals surface area contributed by atoms with Gasteiger partial charge < -0.3 is 15.4 Å². The van der Waals surface area contributed by atoms with Crippen LogP contribution in [0.5, 0.6) is 5.75 Å². The maximum Gasteiger partial charge on any atom is 0.387 e. The lowest BCUT2D eigenvalue weighted by atomic mass is 9.75. The minimum absolute atomic E-state index is 0.0225. The maximum atomic E-state index is 12.6. The number of benzene rings is 1. The zero-order valence-corrected chi connectivity index (χ0v) is 12.2. The Morgan fingerprint density at radius 2 is 2.10 bits per heavy atom. The molecule has 4 nitrogen and oxygen atoms in total. The van der Waals surface area contributed by atoms with Gasteiger partial charge in [0.1, 0.15) is 5.75 Å². The number of rotatable bonds is 5. The van der Waals surface area contributed by atoms with Crippen molar-refractivity contribution in [3.8, 4) is 5.75 Å². The highest BCUT2D eigenvalue weighted by atomic mass is 19.3. The van der Waals surface area contributed by atoms with Crippen molar-refractivity contribution in [2.45, 2.75) is 26.9 Å². The van der Waals surface area contributed by atoms with Crippen LogP contribution < -0.4 is 15.4 Å². The van der Waals surface area contributed by atoms with Crippen LogP contribution in [0.4, 0.5) is 14.5 Å². The van der Waals surface area contributed by atoms with E-state index < -0.39 is 12.0 Å². The molecule has 0 spiro atoms. The van der Waals surface area contributed by atoms with Gasteiger partial charge in [-0.25, -0.2) is 0 Å². The molecular weight excluding hydrogens is 278 g/mol. The van der Waals surface area contributed by atoms with Crippen LogP contribution in [0.25, 0.3) is 0 Å². The summed E-state index contributed by atoms with van der Waals surface area (Å²) < 4.78 is 29.2. The van der Waals surface area contributed by atoms with E-state index in [4.69, 9.17) is 0 Å². The van der Waals surface area contributed by atoms with E-state index in [0.717, 1.165) is 13.0 Å². The van der Waals surface area contributed by atoms with Gasteiger partial charge in [0.2, 0.25) is 5.91 Å². The Morgan fingerprint density at radius 3 is 2.67 bits per heavy atom. The van der Waals surface area contributed by atoms with Crippen molar-refractivity contribution < 1.29 is 18.3 Å². The SMILES string of the molecule is CC(C)C1(C(=O)Nc2ccccc2OC(F)F)CCNC1. The first-order valence-corrected chi connectivity index (χ1v) is 7.02. The number of carbonyl (C=O) groups excluding carboxylic acids is 1. The normalized spacial score (nSPS) is 21.8. The third-order valence-corrected chi connectivity index (χ3v) is 4.10. The van der Waals surface area contributed by atoms with Gasteiger partial charge in [0.05, 0.1) is 11.1 Å². The van der Waals surface area contributed by atoms with Gasteiger partial charge >= 0.3 is 6.61 Å². The maximum absolute atomic E-state index is 12.6. The molecule has 1 saturated heterocycles. The fraction of sp³-hybridized carbons (Fsp3) is 0.533. The summed E-state index contributed by atoms with van der Waals surface area (Å²) in [6, 6.07) is 6.23. The van der Waals surface area contributed by atoms with E-state index in [1.807, 2.05) is 13.8 Å². The molecule has 1 aliphatic heterocycles. The summed E-state index contributed by atoms with van der Waals surface area (Å²) in [7, 11) is 0. The van der Waals surface area contributed by atoms with E-state index >= 15 is 0 Å². The topological polar surface area (TPSA) is 50.4 Å². The molecule has 6 heteroatoms. The van der Waals surface area contributed by atoms with Crippen LogP contribution in [0, 0.1) is 11.3 Å². The highest BCUT2D eigenvalue weighted by molar-refractivity contribution is 5.97. The van der Waals surface area contributed by atoms with Crippen LogP contribution in [0.15, 0.2) is 24.3 Å². The predicted molar refractivity (Wildman–Crippen MR) is 76.5 cm³/mol. The molecule has 1 fully saturated rings. The zero-order valence-electron chi connectivity index (χ0n) is 12.2. The van der Waals surface area contributed by atoms with Crippen molar-refractivity contribution >= 4 is 11.6 Å². The minimum Gasteiger partial charge on any atom is -0.433 e. The molecule has 2 rings (SSSR count). The van der Waals surface area contributed by atoms with E-state index in [1.165, 1.54) is 6.07 Å². The Hall–Kier alpha value is -1.69. The lowest BCUT2D eigenvalue weighted by molar-refractivity contribution is -0.127. The molecule has 1 aromatic rings. The number of alkyl halides is 2. The molecular formula is C15H20F2N2O2. The largest absolute Gasteiger partial charge is 0.433 e. The molecule has 2 N–H and O–H groups in total. The second-order valence-corrected chi connectivity index (χ2v) is 5.57. The highest BCUT2D eigenvalue weighted by Gasteiger charge is 2.44. The summed E-state index contributed by atoms with van der Waals surface area (Å²) >= 11 is 0. The molecule has 1 heterocycles. The first-order valence-electron chi connectivity index (χ1n) is 7.02. The monoisotopic (exact) mass is 298 g/mol. The highest BCUT2D eigenvalue weighted by Crippen LogP contribution is 2.36. The van der Waals surface area contributed by atoms with Gasteiger partial charge in [0.15, 0.2) is 0 Å². The third-order valence-electron chi connectivity index (χ3n) is 4.10. The summed E-state index contributed by atoms with van der Waals surface area (Å²) in [5.74, 6) is -0.0331. The molecule has 0 bridgehead atoms. The second-order valence-electron chi connectivity index (χ2n) is 5.57. The Labute approximate surface area is 122 Å². The molecule has 1 aliphatic rings. The van der Waals surface area contributed by atoms with E-state index in [2.05, 4.69) is 15.4 Å². The molecule has 116 valence electrons. The Morgan fingerprint density at radius 1 is 1.38 bits per heavy atom. The molecule has 1 aromatic carbocycles. The number of amides is 1. The van der Waals surface area contributed by atoms with Crippen molar-refractivity contribution in [1.82, 2.24) is 5.32 Å². The van der Waals surface area contributed by atoms with Crippen LogP contribution in [-0.2, 0) is 4.79 Å². The van der Waals surface area contributed by atoms with Crippen LogP contribution in [0.3, 0.4) is 0 Å². The Bertz CT molecular complexity index is 500. The quantitative estimate of drug-likeness (QED) is 0.879. The van der Waals surface area contributed by atoms with Crippen LogP contribution >= 0.6 is 0 Å². The number of para-hydroxylation sites is 2. The molecule has 21 heavy (non-hydrogen) atoms. The second kappa shape index (κ2) is 6.39. The summed E-state index contributed by atoms with van der Waals surface area (Å²) in [4.78, 5) is 12.6. The summed E-state index contributed by atoms with van der Waals surface area (Å²) in [6.07, 6.45) is 0.731. The van der Waals surface area contributed by atoms with E-state index in [-0.39, 0.29) is 23.3 Å². The van der Waals surface area contributed by atoms with E-state index in [0.29, 0.717) is 6.54 Å². The van der Waals surface area contributed by atoms with Gasteiger partial charge in [-0.3, -0.25) is 4.79 Å². The molecule has 1 amide bonds. The zero-order chi connectivity index (χ0) is 15.5. The number of nitrogens with one attached hydrogen (secondary N) is 2. The number of carbonyl (C=O) groups is 1. The Balaban J connectivity index is 2.19. The van der Waals surface area contributed by atoms with Crippen molar-refractivity contribution in [3.63, 3.8) is 0 Å². The molecule has 0 aliphatic carbocycles. The summed E-state index contributed by atoms with van der Waals surface area (Å²) in [5.41, 5.74) is -0.243. The predicted octanol–water partition coefficient (Wildman–Crippen LogP) is 2.86. The number of halogens is 2. The van der Waals surface area contributed by atoms with Crippen molar-refractivity contribution in [2.24, 2.45) is 11.3 Å². The van der Waals surface area contributed by atoms with E-state index in [9.17, 15) is 13.6 Å². The Kier molecular flexibility index (Phi) is 4.77. The van der Waals surface area contributed by atoms with Crippen molar-refractivity contribution in [2.75, 3.05) is 18.4 Å². The number of ether oxygens (including phenoxy) is 1. The molecule has 0 aromatic heterocycles. The van der Waals surface area contributed by atoms with Crippen LogP contribution in [0.1, 0.15) is 20.3 Å². The van der Waals surface area contributed by atoms with Gasteiger partial charge in [-0.1, -0.05) is 26.0 Å². The van der Waals surface area contributed by atoms with Gasteiger partial charge in [-0.2, -0.15) is 8.78 Å². The fourth-order valence-electron chi connectivity index (χ4n) is 2.68. The van der Waals surface area contributed by atoms with Crippen LogP contribution in [0.2, 0.25) is 0 Å². The summed E-state index contributed by atoms with van der Waals surface area (Å²) in [5, 5.41) is 5.94. The molecule has 0 radical (unpaired) electrons. The average Bonchev–Trinajstić information content (AvgIpc) is 2.91. The van der Waals surface area contributed by atoms with Gasteiger partial charge in [0.25, 0.3) is 0 Å². The summed E-state index contributed by atoms with van der Waals surface area (Å²) in [6.45, 7) is 2.44. The van der Waals surface area contributed by atoms with Gasteiger partial charge in [0, 0.05) is 6.54 Å². The lowest BCUT2D eigenvalue weighted by Crippen LogP contribution is -2.42. The minimum atomic E-state index is -2.92.